The van der Waals surface area contributed by atoms with Gasteiger partial charge in [-0.1, -0.05) is 0 Å². The third kappa shape index (κ3) is 4.78. The van der Waals surface area contributed by atoms with Gasteiger partial charge >= 0.3 is 0 Å². The third-order valence-electron chi connectivity index (χ3n) is 5.13. The van der Waals surface area contributed by atoms with Crippen LogP contribution in [0.15, 0.2) is 30.3 Å². The monoisotopic (exact) mass is 384 g/mol. The number of aromatic nitrogens is 2. The van der Waals surface area contributed by atoms with Crippen LogP contribution < -0.4 is 5.32 Å². The molecule has 2 amide bonds. The summed E-state index contributed by atoms with van der Waals surface area (Å²) in [7, 11) is 1.59. The average Bonchev–Trinajstić information content (AvgIpc) is 3.04. The molecular weight excluding hydrogens is 356 g/mol. The molecule has 150 valence electrons. The average molecular weight is 384 g/mol. The minimum Gasteiger partial charge on any atom is -0.384 e. The van der Waals surface area contributed by atoms with E-state index in [2.05, 4.69) is 10.4 Å². The SMILES string of the molecule is COCCC(=O)N1CCC(C(=O)Nc2ccc(-n3nc(C)cc3C)cc2)CC1. The molecule has 28 heavy (non-hydrogen) atoms. The first kappa shape index (κ1) is 20.1. The Labute approximate surface area is 165 Å². The minimum atomic E-state index is -0.0674. The number of aryl methyl sites for hydroxylation is 2. The van der Waals surface area contributed by atoms with Gasteiger partial charge in [-0.25, -0.2) is 4.68 Å². The first-order chi connectivity index (χ1) is 13.5. The Morgan fingerprint density at radius 1 is 1.18 bits per heavy atom. The zero-order valence-corrected chi connectivity index (χ0v) is 16.8. The van der Waals surface area contributed by atoms with E-state index >= 15 is 0 Å². The second-order valence-electron chi connectivity index (χ2n) is 7.27. The van der Waals surface area contributed by atoms with Crippen LogP contribution in [0, 0.1) is 19.8 Å². The molecule has 0 saturated carbocycles. The highest BCUT2D eigenvalue weighted by Crippen LogP contribution is 2.21. The van der Waals surface area contributed by atoms with E-state index < -0.39 is 0 Å². The molecule has 1 aromatic heterocycles. The first-order valence-electron chi connectivity index (χ1n) is 9.69. The number of hydrogen-bond acceptors (Lipinski definition) is 4. The van der Waals surface area contributed by atoms with Gasteiger partial charge in [-0.15, -0.1) is 0 Å². The number of methoxy groups -OCH3 is 1. The van der Waals surface area contributed by atoms with E-state index in [9.17, 15) is 9.59 Å². The van der Waals surface area contributed by atoms with Gasteiger partial charge in [-0.3, -0.25) is 9.59 Å². The number of hydrogen-bond donors (Lipinski definition) is 1. The molecule has 1 N–H and O–H groups in total. The lowest BCUT2D eigenvalue weighted by Gasteiger charge is -2.31. The van der Waals surface area contributed by atoms with Crippen LogP contribution in [0.25, 0.3) is 5.69 Å². The molecule has 1 aliphatic heterocycles. The van der Waals surface area contributed by atoms with Gasteiger partial charge in [0.05, 0.1) is 24.4 Å². The molecule has 0 aliphatic carbocycles. The topological polar surface area (TPSA) is 76.5 Å². The fraction of sp³-hybridized carbons (Fsp3) is 0.476. The minimum absolute atomic E-state index is 0.0165. The second-order valence-corrected chi connectivity index (χ2v) is 7.27. The van der Waals surface area contributed by atoms with E-state index in [1.165, 1.54) is 0 Å². The third-order valence-corrected chi connectivity index (χ3v) is 5.13. The van der Waals surface area contributed by atoms with Crippen LogP contribution in [-0.4, -0.2) is 53.3 Å². The molecule has 2 aromatic rings. The molecule has 0 spiro atoms. The van der Waals surface area contributed by atoms with Crippen molar-refractivity contribution in [3.05, 3.63) is 41.7 Å². The lowest BCUT2D eigenvalue weighted by Crippen LogP contribution is -2.41. The van der Waals surface area contributed by atoms with Gasteiger partial charge in [-0.2, -0.15) is 5.10 Å². The number of carbonyl (C=O) groups is 2. The molecular formula is C21H28N4O3. The molecule has 0 radical (unpaired) electrons. The van der Waals surface area contributed by atoms with Gasteiger partial charge in [0.25, 0.3) is 0 Å². The number of rotatable bonds is 6. The second kappa shape index (κ2) is 9.01. The standard InChI is InChI=1S/C21H28N4O3/c1-15-14-16(2)25(23-15)19-6-4-18(5-7-19)22-21(27)17-8-11-24(12-9-17)20(26)10-13-28-3/h4-7,14,17H,8-13H2,1-3H3,(H,22,27). The highest BCUT2D eigenvalue weighted by molar-refractivity contribution is 5.92. The van der Waals surface area contributed by atoms with Crippen molar-refractivity contribution in [3.63, 3.8) is 0 Å². The number of nitrogens with zero attached hydrogens (tertiary/aromatic N) is 3. The molecule has 1 fully saturated rings. The summed E-state index contributed by atoms with van der Waals surface area (Å²) in [5.74, 6) is 0.0467. The molecule has 7 heteroatoms. The predicted octanol–water partition coefficient (Wildman–Crippen LogP) is 2.70. The molecule has 7 nitrogen and oxygen atoms in total. The van der Waals surface area contributed by atoms with Crippen LogP contribution in [-0.2, 0) is 14.3 Å². The summed E-state index contributed by atoms with van der Waals surface area (Å²) in [4.78, 5) is 26.4. The van der Waals surface area contributed by atoms with Gasteiger partial charge in [0.1, 0.15) is 0 Å². The summed E-state index contributed by atoms with van der Waals surface area (Å²) in [5.41, 5.74) is 3.78. The Kier molecular flexibility index (Phi) is 6.46. The normalized spacial score (nSPS) is 14.9. The van der Waals surface area contributed by atoms with Crippen LogP contribution >= 0.6 is 0 Å². The van der Waals surface area contributed by atoms with Gasteiger partial charge in [0.15, 0.2) is 0 Å². The van der Waals surface area contributed by atoms with Crippen molar-refractivity contribution in [3.8, 4) is 5.69 Å². The maximum atomic E-state index is 12.6. The number of carbonyl (C=O) groups excluding carboxylic acids is 2. The maximum Gasteiger partial charge on any atom is 0.227 e. The van der Waals surface area contributed by atoms with Crippen molar-refractivity contribution in [1.29, 1.82) is 0 Å². The van der Waals surface area contributed by atoms with Gasteiger partial charge in [0.2, 0.25) is 11.8 Å². The number of benzene rings is 1. The number of ether oxygens (including phenoxy) is 1. The Morgan fingerprint density at radius 3 is 2.43 bits per heavy atom. The Morgan fingerprint density at radius 2 is 1.86 bits per heavy atom. The predicted molar refractivity (Wildman–Crippen MR) is 107 cm³/mol. The molecule has 0 atom stereocenters. The number of piperidine rings is 1. The summed E-state index contributed by atoms with van der Waals surface area (Å²) in [6.45, 7) is 5.67. The largest absolute Gasteiger partial charge is 0.384 e. The molecule has 0 bridgehead atoms. The summed E-state index contributed by atoms with van der Waals surface area (Å²) in [6, 6.07) is 9.72. The van der Waals surface area contributed by atoms with Crippen molar-refractivity contribution in [1.82, 2.24) is 14.7 Å². The number of likely N-dealkylation sites (tertiary alicyclic amines) is 1. The number of anilines is 1. The Hall–Kier alpha value is -2.67. The van der Waals surface area contributed by atoms with Crippen molar-refractivity contribution >= 4 is 17.5 Å². The molecule has 1 aliphatic rings. The fourth-order valence-corrected chi connectivity index (χ4v) is 3.56. The zero-order chi connectivity index (χ0) is 20.1. The van der Waals surface area contributed by atoms with Crippen molar-refractivity contribution in [2.75, 3.05) is 32.1 Å². The van der Waals surface area contributed by atoms with Crippen LogP contribution in [0.5, 0.6) is 0 Å². The molecule has 3 rings (SSSR count). The van der Waals surface area contributed by atoms with Crippen LogP contribution in [0.3, 0.4) is 0 Å². The van der Waals surface area contributed by atoms with Gasteiger partial charge < -0.3 is 15.0 Å². The van der Waals surface area contributed by atoms with Crippen molar-refractivity contribution in [2.45, 2.75) is 33.1 Å². The smallest absolute Gasteiger partial charge is 0.227 e. The van der Waals surface area contributed by atoms with E-state index in [0.29, 0.717) is 39.0 Å². The number of nitrogens with one attached hydrogen (secondary N) is 1. The number of amides is 2. The van der Waals surface area contributed by atoms with Gasteiger partial charge in [-0.05, 0) is 57.0 Å². The van der Waals surface area contributed by atoms with E-state index in [4.69, 9.17) is 4.74 Å². The summed E-state index contributed by atoms with van der Waals surface area (Å²) in [6.07, 6.45) is 1.78. The van der Waals surface area contributed by atoms with Crippen molar-refractivity contribution < 1.29 is 14.3 Å². The zero-order valence-electron chi connectivity index (χ0n) is 16.8. The Balaban J connectivity index is 1.53. The Bertz CT molecular complexity index is 821. The first-order valence-corrected chi connectivity index (χ1v) is 9.69. The highest BCUT2D eigenvalue weighted by Gasteiger charge is 2.27. The fourth-order valence-electron chi connectivity index (χ4n) is 3.56. The van der Waals surface area contributed by atoms with E-state index in [0.717, 1.165) is 22.8 Å². The summed E-state index contributed by atoms with van der Waals surface area (Å²) >= 11 is 0. The highest BCUT2D eigenvalue weighted by atomic mass is 16.5. The summed E-state index contributed by atoms with van der Waals surface area (Å²) < 4.78 is 6.84. The summed E-state index contributed by atoms with van der Waals surface area (Å²) in [5, 5.41) is 7.47. The lowest BCUT2D eigenvalue weighted by molar-refractivity contribution is -0.135. The van der Waals surface area contributed by atoms with E-state index in [1.54, 1.807) is 7.11 Å². The quantitative estimate of drug-likeness (QED) is 0.831. The molecule has 1 saturated heterocycles. The van der Waals surface area contributed by atoms with E-state index in [1.807, 2.05) is 53.8 Å². The molecule has 2 heterocycles. The van der Waals surface area contributed by atoms with Crippen LogP contribution in [0.2, 0.25) is 0 Å². The molecule has 0 unspecified atom stereocenters. The van der Waals surface area contributed by atoms with Crippen LogP contribution in [0.1, 0.15) is 30.7 Å². The van der Waals surface area contributed by atoms with E-state index in [-0.39, 0.29) is 17.7 Å². The maximum absolute atomic E-state index is 12.6. The van der Waals surface area contributed by atoms with Crippen LogP contribution in [0.4, 0.5) is 5.69 Å². The van der Waals surface area contributed by atoms with Crippen molar-refractivity contribution in [2.24, 2.45) is 5.92 Å². The molecule has 1 aromatic carbocycles. The van der Waals surface area contributed by atoms with Gasteiger partial charge in [0, 0.05) is 37.5 Å². The lowest BCUT2D eigenvalue weighted by atomic mass is 9.95.